The van der Waals surface area contributed by atoms with Crippen LogP contribution in [-0.4, -0.2) is 48.3 Å². The third kappa shape index (κ3) is 5.41. The maximum absolute atomic E-state index is 12.1. The topological polar surface area (TPSA) is 141 Å². The molecule has 0 spiro atoms. The van der Waals surface area contributed by atoms with E-state index in [2.05, 4.69) is 20.0 Å². The second-order valence-electron chi connectivity index (χ2n) is 5.87. The number of aromatic amines is 1. The summed E-state index contributed by atoms with van der Waals surface area (Å²) >= 11 is 1.09. The summed E-state index contributed by atoms with van der Waals surface area (Å²) in [6.07, 6.45) is 0. The van der Waals surface area contributed by atoms with Gasteiger partial charge in [0.05, 0.1) is 28.2 Å². The molecule has 0 aliphatic carbocycles. The smallest absolute Gasteiger partial charge is 0.259 e. The van der Waals surface area contributed by atoms with Crippen molar-refractivity contribution in [2.45, 2.75) is 10.1 Å². The number of nitrogens with zero attached hydrogens (tertiary/aromatic N) is 1. The molecular weight excluding hydrogens is 416 g/mol. The summed E-state index contributed by atoms with van der Waals surface area (Å²) in [4.78, 5) is 31.2. The number of para-hydroxylation sites is 1. The molecule has 1 aromatic heterocycles. The van der Waals surface area contributed by atoms with Crippen molar-refractivity contribution in [2.75, 3.05) is 24.2 Å². The molecule has 0 saturated carbocycles. The van der Waals surface area contributed by atoms with E-state index in [9.17, 15) is 18.0 Å². The van der Waals surface area contributed by atoms with Gasteiger partial charge >= 0.3 is 0 Å². The van der Waals surface area contributed by atoms with E-state index in [4.69, 9.17) is 5.11 Å². The Morgan fingerprint density at radius 3 is 2.59 bits per heavy atom. The minimum Gasteiger partial charge on any atom is -0.395 e. The highest BCUT2D eigenvalue weighted by Crippen LogP contribution is 2.17. The summed E-state index contributed by atoms with van der Waals surface area (Å²) in [7, 11) is -3.70. The number of H-pyrrole nitrogens is 1. The van der Waals surface area contributed by atoms with Gasteiger partial charge in [-0.05, 0) is 36.4 Å². The number of carbonyl (C=O) groups excluding carboxylic acids is 1. The average Bonchev–Trinajstić information content (AvgIpc) is 2.71. The van der Waals surface area contributed by atoms with E-state index in [1.807, 2.05) is 0 Å². The molecule has 1 heterocycles. The second-order valence-corrected chi connectivity index (χ2v) is 8.60. The molecule has 0 atom stereocenters. The first-order valence-corrected chi connectivity index (χ1v) is 11.0. The fraction of sp³-hybridized carbons (Fsp3) is 0.167. The van der Waals surface area contributed by atoms with Crippen molar-refractivity contribution in [3.63, 3.8) is 0 Å². The first kappa shape index (κ1) is 21.0. The molecule has 0 radical (unpaired) electrons. The zero-order chi connectivity index (χ0) is 20.9. The molecule has 0 aliphatic rings. The first-order valence-electron chi connectivity index (χ1n) is 8.51. The van der Waals surface area contributed by atoms with Gasteiger partial charge in [0.1, 0.15) is 0 Å². The van der Waals surface area contributed by atoms with E-state index >= 15 is 0 Å². The first-order chi connectivity index (χ1) is 13.9. The molecular formula is C18H18N4O5S2. The van der Waals surface area contributed by atoms with Gasteiger partial charge in [-0.2, -0.15) is 0 Å². The highest BCUT2D eigenvalue weighted by atomic mass is 32.2. The van der Waals surface area contributed by atoms with Crippen molar-refractivity contribution < 1.29 is 18.3 Å². The zero-order valence-corrected chi connectivity index (χ0v) is 16.7. The summed E-state index contributed by atoms with van der Waals surface area (Å²) < 4.78 is 26.1. The Hall–Kier alpha value is -2.73. The number of rotatable bonds is 8. The highest BCUT2D eigenvalue weighted by molar-refractivity contribution is 7.99. The Labute approximate surface area is 170 Å². The summed E-state index contributed by atoms with van der Waals surface area (Å²) in [5.74, 6) is -0.320. The third-order valence-corrected chi connectivity index (χ3v) is 6.13. The van der Waals surface area contributed by atoms with Gasteiger partial charge in [0.15, 0.2) is 5.16 Å². The predicted octanol–water partition coefficient (Wildman–Crippen LogP) is 0.924. The molecule has 152 valence electrons. The normalized spacial score (nSPS) is 11.5. The Morgan fingerprint density at radius 2 is 1.86 bits per heavy atom. The fourth-order valence-corrected chi connectivity index (χ4v) is 4.13. The summed E-state index contributed by atoms with van der Waals surface area (Å²) in [6.45, 7) is -0.384. The third-order valence-electron chi connectivity index (χ3n) is 3.78. The van der Waals surface area contributed by atoms with Crippen LogP contribution >= 0.6 is 11.8 Å². The number of carbonyl (C=O) groups is 1. The standard InChI is InChI=1S/C18H18N4O5S2/c23-10-9-19-29(26,27)13-7-5-12(6-8-13)20-16(24)11-28-18-21-15-4-2-1-3-14(15)17(25)22-18/h1-8,19,23H,9-11H2,(H,20,24)(H,21,22,25). The van der Waals surface area contributed by atoms with Gasteiger partial charge < -0.3 is 15.4 Å². The van der Waals surface area contributed by atoms with Crippen molar-refractivity contribution in [3.8, 4) is 0 Å². The molecule has 1 amide bonds. The van der Waals surface area contributed by atoms with E-state index in [1.54, 1.807) is 24.3 Å². The van der Waals surface area contributed by atoms with Crippen molar-refractivity contribution in [2.24, 2.45) is 0 Å². The maximum atomic E-state index is 12.1. The molecule has 2 aromatic carbocycles. The molecule has 3 aromatic rings. The molecule has 0 bridgehead atoms. The molecule has 4 N–H and O–H groups in total. The van der Waals surface area contributed by atoms with Crippen LogP contribution in [0.5, 0.6) is 0 Å². The number of hydrogen-bond acceptors (Lipinski definition) is 7. The SMILES string of the molecule is O=C(CSc1nc2ccccc2c(=O)[nH]1)Nc1ccc(S(=O)(=O)NCCO)cc1. The van der Waals surface area contributed by atoms with Crippen LogP contribution in [0.4, 0.5) is 5.69 Å². The Morgan fingerprint density at radius 1 is 1.14 bits per heavy atom. The van der Waals surface area contributed by atoms with Gasteiger partial charge in [0, 0.05) is 12.2 Å². The highest BCUT2D eigenvalue weighted by Gasteiger charge is 2.13. The van der Waals surface area contributed by atoms with Crippen molar-refractivity contribution in [3.05, 3.63) is 58.9 Å². The fourth-order valence-electron chi connectivity index (χ4n) is 2.45. The van der Waals surface area contributed by atoms with Gasteiger partial charge in [-0.1, -0.05) is 23.9 Å². The summed E-state index contributed by atoms with van der Waals surface area (Å²) in [5, 5.41) is 12.2. The number of sulfonamides is 1. The van der Waals surface area contributed by atoms with Crippen molar-refractivity contribution in [1.29, 1.82) is 0 Å². The van der Waals surface area contributed by atoms with Crippen molar-refractivity contribution in [1.82, 2.24) is 14.7 Å². The number of aromatic nitrogens is 2. The van der Waals surface area contributed by atoms with E-state index in [0.29, 0.717) is 21.7 Å². The monoisotopic (exact) mass is 434 g/mol. The number of thioether (sulfide) groups is 1. The minimum atomic E-state index is -3.70. The van der Waals surface area contributed by atoms with Crippen LogP contribution in [0.15, 0.2) is 63.4 Å². The van der Waals surface area contributed by atoms with E-state index in [0.717, 1.165) is 11.8 Å². The Bertz CT molecular complexity index is 1180. The molecule has 0 fully saturated rings. The van der Waals surface area contributed by atoms with Crippen LogP contribution in [0.25, 0.3) is 10.9 Å². The lowest BCUT2D eigenvalue weighted by molar-refractivity contribution is -0.113. The largest absolute Gasteiger partial charge is 0.395 e. The molecule has 0 unspecified atom stereocenters. The number of anilines is 1. The number of aliphatic hydroxyl groups is 1. The Balaban J connectivity index is 1.60. The number of nitrogens with one attached hydrogen (secondary N) is 3. The Kier molecular flexibility index (Phi) is 6.64. The molecule has 3 rings (SSSR count). The molecule has 0 saturated heterocycles. The molecule has 0 aliphatic heterocycles. The lowest BCUT2D eigenvalue weighted by Gasteiger charge is -2.08. The van der Waals surface area contributed by atoms with E-state index in [1.165, 1.54) is 24.3 Å². The number of aliphatic hydroxyl groups excluding tert-OH is 1. The lowest BCUT2D eigenvalue weighted by Crippen LogP contribution is -2.26. The van der Waals surface area contributed by atoms with Crippen LogP contribution < -0.4 is 15.6 Å². The van der Waals surface area contributed by atoms with E-state index in [-0.39, 0.29) is 35.3 Å². The predicted molar refractivity (Wildman–Crippen MR) is 110 cm³/mol. The zero-order valence-electron chi connectivity index (χ0n) is 15.1. The number of hydrogen-bond donors (Lipinski definition) is 4. The maximum Gasteiger partial charge on any atom is 0.259 e. The van der Waals surface area contributed by atoms with Crippen LogP contribution in [0, 0.1) is 0 Å². The minimum absolute atomic E-state index is 0.0133. The van der Waals surface area contributed by atoms with Gasteiger partial charge in [0.25, 0.3) is 5.56 Å². The van der Waals surface area contributed by atoms with Crippen LogP contribution in [-0.2, 0) is 14.8 Å². The molecule has 29 heavy (non-hydrogen) atoms. The summed E-state index contributed by atoms with van der Waals surface area (Å²) in [5.41, 5.74) is 0.701. The van der Waals surface area contributed by atoms with Gasteiger partial charge in [-0.15, -0.1) is 0 Å². The van der Waals surface area contributed by atoms with Gasteiger partial charge in [-0.25, -0.2) is 18.1 Å². The second kappa shape index (κ2) is 9.18. The molecule has 9 nitrogen and oxygen atoms in total. The van der Waals surface area contributed by atoms with Crippen LogP contribution in [0.2, 0.25) is 0 Å². The van der Waals surface area contributed by atoms with Crippen LogP contribution in [0.3, 0.4) is 0 Å². The quantitative estimate of drug-likeness (QED) is 0.305. The number of benzene rings is 2. The van der Waals surface area contributed by atoms with Gasteiger partial charge in [0.2, 0.25) is 15.9 Å². The number of fused-ring (bicyclic) bond motifs is 1. The number of amides is 1. The van der Waals surface area contributed by atoms with Gasteiger partial charge in [-0.3, -0.25) is 9.59 Å². The van der Waals surface area contributed by atoms with Crippen molar-refractivity contribution >= 4 is 44.3 Å². The lowest BCUT2D eigenvalue weighted by atomic mass is 10.2. The average molecular weight is 434 g/mol. The van der Waals surface area contributed by atoms with E-state index < -0.39 is 10.0 Å². The van der Waals surface area contributed by atoms with Crippen LogP contribution in [0.1, 0.15) is 0 Å². The summed E-state index contributed by atoms with van der Waals surface area (Å²) in [6, 6.07) is 12.6. The molecule has 11 heteroatoms.